The summed E-state index contributed by atoms with van der Waals surface area (Å²) in [6, 6.07) is 16.3. The molecule has 2 aliphatic rings. The first-order valence-corrected chi connectivity index (χ1v) is 13.6. The number of hydrogen-bond acceptors (Lipinski definition) is 8. The molecule has 1 aromatic heterocycles. The predicted molar refractivity (Wildman–Crippen MR) is 152 cm³/mol. The third-order valence-corrected chi connectivity index (χ3v) is 7.42. The number of anilines is 2. The molecule has 2 aromatic carbocycles. The molecule has 1 unspecified atom stereocenters. The second kappa shape index (κ2) is 12.4. The van der Waals surface area contributed by atoms with Gasteiger partial charge in [0.15, 0.2) is 0 Å². The molecule has 2 N–H and O–H groups in total. The zero-order valence-corrected chi connectivity index (χ0v) is 22.5. The first-order chi connectivity index (χ1) is 18.9. The fourth-order valence-electron chi connectivity index (χ4n) is 5.38. The Labute approximate surface area is 229 Å². The molecule has 1 amide bonds. The molecule has 0 radical (unpaired) electrons. The van der Waals surface area contributed by atoms with Crippen molar-refractivity contribution >= 4 is 34.3 Å². The van der Waals surface area contributed by atoms with Crippen LogP contribution in [0.15, 0.2) is 67.0 Å². The second-order valence-electron chi connectivity index (χ2n) is 10.4. The number of likely N-dealkylation sites (tertiary alicyclic amines) is 1. The van der Waals surface area contributed by atoms with Gasteiger partial charge >= 0.3 is 5.97 Å². The van der Waals surface area contributed by atoms with Crippen LogP contribution in [-0.2, 0) is 14.3 Å². The molecule has 2 atom stereocenters. The van der Waals surface area contributed by atoms with Crippen LogP contribution >= 0.6 is 0 Å². The highest BCUT2D eigenvalue weighted by molar-refractivity contribution is 6.01. The number of ether oxygens (including phenoxy) is 1. The topological polar surface area (TPSA) is 99.7 Å². The molecule has 5 rings (SSSR count). The van der Waals surface area contributed by atoms with E-state index in [1.165, 1.54) is 0 Å². The number of aromatic nitrogens is 2. The van der Waals surface area contributed by atoms with E-state index in [2.05, 4.69) is 49.5 Å². The number of rotatable bonds is 8. The van der Waals surface area contributed by atoms with E-state index in [1.807, 2.05) is 49.4 Å². The Hall–Kier alpha value is -3.82. The molecule has 39 heavy (non-hydrogen) atoms. The second-order valence-corrected chi connectivity index (χ2v) is 10.4. The lowest BCUT2D eigenvalue weighted by Crippen LogP contribution is -2.52. The third kappa shape index (κ3) is 6.99. The van der Waals surface area contributed by atoms with Crippen LogP contribution < -0.4 is 10.6 Å². The van der Waals surface area contributed by atoms with Crippen LogP contribution in [0.2, 0.25) is 0 Å². The molecule has 0 saturated carbocycles. The monoisotopic (exact) mass is 528 g/mol. The molecular weight excluding hydrogens is 492 g/mol. The SMILES string of the molecule is CC1CN(C2CCN(C/C=C/C(=O)Nc3ccc4ncnc(N[C@H](C)c5ccccc5)c4c3)CC2)CC(=O)O1. The molecule has 9 nitrogen and oxygen atoms in total. The van der Waals surface area contributed by atoms with Crippen LogP contribution in [0.1, 0.15) is 38.3 Å². The summed E-state index contributed by atoms with van der Waals surface area (Å²) in [4.78, 5) is 37.8. The summed E-state index contributed by atoms with van der Waals surface area (Å²) in [5, 5.41) is 7.28. The molecule has 204 valence electrons. The molecular formula is C30H36N6O3. The number of amides is 1. The van der Waals surface area contributed by atoms with Crippen molar-refractivity contribution in [2.75, 3.05) is 43.4 Å². The van der Waals surface area contributed by atoms with Gasteiger partial charge in [-0.15, -0.1) is 0 Å². The van der Waals surface area contributed by atoms with E-state index in [0.717, 1.165) is 61.3 Å². The van der Waals surface area contributed by atoms with Crippen LogP contribution in [-0.4, -0.2) is 76.5 Å². The molecule has 0 spiro atoms. The highest BCUT2D eigenvalue weighted by Gasteiger charge is 2.31. The molecule has 3 heterocycles. The highest BCUT2D eigenvalue weighted by Crippen LogP contribution is 2.26. The lowest BCUT2D eigenvalue weighted by molar-refractivity contribution is -0.159. The molecule has 0 bridgehead atoms. The van der Waals surface area contributed by atoms with E-state index in [4.69, 9.17) is 4.74 Å². The highest BCUT2D eigenvalue weighted by atomic mass is 16.5. The van der Waals surface area contributed by atoms with Crippen molar-refractivity contribution in [3.8, 4) is 0 Å². The van der Waals surface area contributed by atoms with Gasteiger partial charge < -0.3 is 15.4 Å². The Morgan fingerprint density at radius 3 is 2.72 bits per heavy atom. The minimum absolute atomic E-state index is 0.0402. The zero-order chi connectivity index (χ0) is 27.2. The van der Waals surface area contributed by atoms with E-state index < -0.39 is 0 Å². The van der Waals surface area contributed by atoms with Crippen molar-refractivity contribution in [1.82, 2.24) is 19.8 Å². The van der Waals surface area contributed by atoms with E-state index in [-0.39, 0.29) is 24.0 Å². The summed E-state index contributed by atoms with van der Waals surface area (Å²) in [5.74, 6) is 0.426. The van der Waals surface area contributed by atoms with Gasteiger partial charge in [0.05, 0.1) is 12.1 Å². The number of carbonyl (C=O) groups is 2. The third-order valence-electron chi connectivity index (χ3n) is 7.42. The molecule has 2 aliphatic heterocycles. The summed E-state index contributed by atoms with van der Waals surface area (Å²) < 4.78 is 5.26. The van der Waals surface area contributed by atoms with Crippen molar-refractivity contribution in [3.05, 3.63) is 72.6 Å². The fraction of sp³-hybridized carbons (Fsp3) is 0.400. The maximum Gasteiger partial charge on any atom is 0.320 e. The Morgan fingerprint density at radius 2 is 1.95 bits per heavy atom. The van der Waals surface area contributed by atoms with Gasteiger partial charge in [0.1, 0.15) is 18.2 Å². The Balaban J connectivity index is 1.13. The van der Waals surface area contributed by atoms with Crippen LogP contribution in [0.4, 0.5) is 11.5 Å². The predicted octanol–water partition coefficient (Wildman–Crippen LogP) is 4.01. The van der Waals surface area contributed by atoms with E-state index in [1.54, 1.807) is 12.4 Å². The average molecular weight is 529 g/mol. The van der Waals surface area contributed by atoms with Crippen molar-refractivity contribution in [2.45, 2.75) is 44.9 Å². The van der Waals surface area contributed by atoms with Gasteiger partial charge in [-0.2, -0.15) is 0 Å². The van der Waals surface area contributed by atoms with Gasteiger partial charge in [-0.3, -0.25) is 19.4 Å². The lowest BCUT2D eigenvalue weighted by Gasteiger charge is -2.40. The molecule has 2 fully saturated rings. The van der Waals surface area contributed by atoms with Crippen LogP contribution in [0.5, 0.6) is 0 Å². The van der Waals surface area contributed by atoms with Gasteiger partial charge in [-0.1, -0.05) is 36.4 Å². The number of nitrogens with one attached hydrogen (secondary N) is 2. The number of benzene rings is 2. The largest absolute Gasteiger partial charge is 0.460 e. The maximum atomic E-state index is 12.6. The Kier molecular flexibility index (Phi) is 8.48. The number of esters is 1. The first kappa shape index (κ1) is 26.8. The van der Waals surface area contributed by atoms with Crippen molar-refractivity contribution in [3.63, 3.8) is 0 Å². The quantitative estimate of drug-likeness (QED) is 0.334. The number of morpholine rings is 1. The van der Waals surface area contributed by atoms with E-state index in [0.29, 0.717) is 18.3 Å². The van der Waals surface area contributed by atoms with Gasteiger partial charge in [-0.05, 0) is 63.5 Å². The van der Waals surface area contributed by atoms with Crippen molar-refractivity contribution < 1.29 is 14.3 Å². The summed E-state index contributed by atoms with van der Waals surface area (Å²) in [6.07, 6.45) is 7.04. The number of fused-ring (bicyclic) bond motifs is 1. The van der Waals surface area contributed by atoms with Gasteiger partial charge in [0.2, 0.25) is 5.91 Å². The summed E-state index contributed by atoms with van der Waals surface area (Å²) in [6.45, 7) is 7.84. The van der Waals surface area contributed by atoms with Crippen LogP contribution in [0.25, 0.3) is 10.9 Å². The molecule has 3 aromatic rings. The summed E-state index contributed by atoms with van der Waals surface area (Å²) in [5.41, 5.74) is 2.66. The number of nitrogens with zero attached hydrogens (tertiary/aromatic N) is 4. The lowest BCUT2D eigenvalue weighted by atomic mass is 10.0. The molecule has 2 saturated heterocycles. The normalized spacial score (nSPS) is 20.2. The van der Waals surface area contributed by atoms with Crippen molar-refractivity contribution in [2.24, 2.45) is 0 Å². The summed E-state index contributed by atoms with van der Waals surface area (Å²) >= 11 is 0. The van der Waals surface area contributed by atoms with Crippen molar-refractivity contribution in [1.29, 1.82) is 0 Å². The number of cyclic esters (lactones) is 1. The Bertz CT molecular complexity index is 1320. The van der Waals surface area contributed by atoms with Gasteiger partial charge in [0, 0.05) is 42.3 Å². The van der Waals surface area contributed by atoms with Crippen LogP contribution in [0, 0.1) is 0 Å². The maximum absolute atomic E-state index is 12.6. The number of piperidine rings is 1. The van der Waals surface area contributed by atoms with E-state index >= 15 is 0 Å². The smallest absolute Gasteiger partial charge is 0.320 e. The fourth-order valence-corrected chi connectivity index (χ4v) is 5.38. The Morgan fingerprint density at radius 1 is 1.15 bits per heavy atom. The number of hydrogen-bond donors (Lipinski definition) is 2. The number of carbonyl (C=O) groups excluding carboxylic acids is 2. The molecule has 0 aliphatic carbocycles. The average Bonchev–Trinajstić information content (AvgIpc) is 2.93. The minimum atomic E-state index is -0.172. The molecule has 9 heteroatoms. The van der Waals surface area contributed by atoms with Gasteiger partial charge in [0.25, 0.3) is 0 Å². The van der Waals surface area contributed by atoms with E-state index in [9.17, 15) is 9.59 Å². The first-order valence-electron chi connectivity index (χ1n) is 13.6. The van der Waals surface area contributed by atoms with Crippen LogP contribution in [0.3, 0.4) is 0 Å². The minimum Gasteiger partial charge on any atom is -0.460 e. The summed E-state index contributed by atoms with van der Waals surface area (Å²) in [7, 11) is 0. The zero-order valence-electron chi connectivity index (χ0n) is 22.5. The standard InChI is InChI=1S/C30H36N6O3/c1-21-18-36(19-29(38)39-21)25-12-15-35(16-13-25)14-6-9-28(37)34-24-10-11-27-26(17-24)30(32-20-31-27)33-22(2)23-7-4-3-5-8-23/h3-11,17,20-22,25H,12-16,18-19H2,1-2H3,(H,34,37)(H,31,32,33)/b9-6+/t21?,22-/m1/s1. The van der Waals surface area contributed by atoms with Gasteiger partial charge in [-0.25, -0.2) is 9.97 Å².